The number of ether oxygens (including phenoxy) is 1. The van der Waals surface area contributed by atoms with E-state index in [0.29, 0.717) is 6.04 Å². The first kappa shape index (κ1) is 14.7. The van der Waals surface area contributed by atoms with Crippen LogP contribution >= 0.6 is 11.8 Å². The third-order valence-electron chi connectivity index (χ3n) is 3.63. The molecule has 0 bridgehead atoms. The summed E-state index contributed by atoms with van der Waals surface area (Å²) in [5.74, 6) is 2.08. The highest BCUT2D eigenvalue weighted by atomic mass is 32.2. The van der Waals surface area contributed by atoms with E-state index in [1.807, 2.05) is 11.8 Å². The SMILES string of the molecule is CCCNC1CCCc2ccc(OCCSC)cc21. The average molecular weight is 279 g/mol. The minimum Gasteiger partial charge on any atom is -0.493 e. The van der Waals surface area contributed by atoms with Gasteiger partial charge >= 0.3 is 0 Å². The molecule has 0 amide bonds. The average Bonchev–Trinajstić information content (AvgIpc) is 2.45. The van der Waals surface area contributed by atoms with Gasteiger partial charge in [-0.15, -0.1) is 0 Å². The molecule has 106 valence electrons. The second-order valence-corrected chi connectivity index (χ2v) is 6.09. The summed E-state index contributed by atoms with van der Waals surface area (Å²) in [6.45, 7) is 4.12. The van der Waals surface area contributed by atoms with E-state index in [-0.39, 0.29) is 0 Å². The lowest BCUT2D eigenvalue weighted by molar-refractivity contribution is 0.342. The van der Waals surface area contributed by atoms with Gasteiger partial charge in [-0.05, 0) is 61.7 Å². The van der Waals surface area contributed by atoms with E-state index in [4.69, 9.17) is 4.74 Å². The van der Waals surface area contributed by atoms with Gasteiger partial charge in [-0.2, -0.15) is 11.8 Å². The van der Waals surface area contributed by atoms with E-state index >= 15 is 0 Å². The number of nitrogens with one attached hydrogen (secondary N) is 1. The molecule has 0 radical (unpaired) electrons. The van der Waals surface area contributed by atoms with Crippen molar-refractivity contribution in [2.24, 2.45) is 0 Å². The quantitative estimate of drug-likeness (QED) is 0.767. The summed E-state index contributed by atoms with van der Waals surface area (Å²) in [6.07, 6.45) is 7.06. The van der Waals surface area contributed by atoms with Gasteiger partial charge in [0.15, 0.2) is 0 Å². The van der Waals surface area contributed by atoms with E-state index < -0.39 is 0 Å². The molecular weight excluding hydrogens is 254 g/mol. The first-order valence-corrected chi connectivity index (χ1v) is 8.72. The van der Waals surface area contributed by atoms with Crippen molar-refractivity contribution < 1.29 is 4.74 Å². The van der Waals surface area contributed by atoms with Crippen LogP contribution in [0.25, 0.3) is 0 Å². The van der Waals surface area contributed by atoms with Gasteiger partial charge in [0.1, 0.15) is 5.75 Å². The second-order valence-electron chi connectivity index (χ2n) is 5.10. The fourth-order valence-electron chi connectivity index (χ4n) is 2.64. The number of hydrogen-bond donors (Lipinski definition) is 1. The van der Waals surface area contributed by atoms with Crippen molar-refractivity contribution in [3.8, 4) is 5.75 Å². The van der Waals surface area contributed by atoms with Crippen molar-refractivity contribution >= 4 is 11.8 Å². The van der Waals surface area contributed by atoms with Gasteiger partial charge < -0.3 is 10.1 Å². The first-order valence-electron chi connectivity index (χ1n) is 7.33. The largest absolute Gasteiger partial charge is 0.493 e. The Morgan fingerprint density at radius 2 is 2.32 bits per heavy atom. The van der Waals surface area contributed by atoms with Gasteiger partial charge in [-0.1, -0.05) is 13.0 Å². The molecule has 2 nitrogen and oxygen atoms in total. The molecule has 1 aromatic rings. The van der Waals surface area contributed by atoms with Crippen LogP contribution in [0, 0.1) is 0 Å². The molecule has 0 aromatic heterocycles. The van der Waals surface area contributed by atoms with E-state index in [0.717, 1.165) is 24.7 Å². The van der Waals surface area contributed by atoms with E-state index in [1.165, 1.54) is 36.8 Å². The summed E-state index contributed by atoms with van der Waals surface area (Å²) in [4.78, 5) is 0. The summed E-state index contributed by atoms with van der Waals surface area (Å²) in [5.41, 5.74) is 2.96. The molecule has 0 spiro atoms. The standard InChI is InChI=1S/C16H25NOS/c1-3-9-17-16-6-4-5-13-7-8-14(12-15(13)16)18-10-11-19-2/h7-8,12,16-17H,3-6,9-11H2,1-2H3. The summed E-state index contributed by atoms with van der Waals surface area (Å²) in [6, 6.07) is 7.15. The van der Waals surface area contributed by atoms with Gasteiger partial charge in [0.05, 0.1) is 6.61 Å². The van der Waals surface area contributed by atoms with Gasteiger partial charge in [0, 0.05) is 11.8 Å². The van der Waals surface area contributed by atoms with Gasteiger partial charge in [-0.3, -0.25) is 0 Å². The van der Waals surface area contributed by atoms with Crippen LogP contribution in [0.5, 0.6) is 5.75 Å². The number of thioether (sulfide) groups is 1. The van der Waals surface area contributed by atoms with Crippen LogP contribution in [0.3, 0.4) is 0 Å². The molecule has 0 saturated carbocycles. The molecule has 1 aromatic carbocycles. The van der Waals surface area contributed by atoms with Crippen LogP contribution in [0.1, 0.15) is 43.4 Å². The molecule has 0 fully saturated rings. The topological polar surface area (TPSA) is 21.3 Å². The highest BCUT2D eigenvalue weighted by Gasteiger charge is 2.19. The van der Waals surface area contributed by atoms with Crippen molar-refractivity contribution in [1.29, 1.82) is 0 Å². The predicted molar refractivity (Wildman–Crippen MR) is 84.3 cm³/mol. The van der Waals surface area contributed by atoms with Crippen molar-refractivity contribution in [3.05, 3.63) is 29.3 Å². The molecular formula is C16H25NOS. The van der Waals surface area contributed by atoms with Crippen molar-refractivity contribution in [2.75, 3.05) is 25.2 Å². The van der Waals surface area contributed by atoms with Crippen LogP contribution in [0.4, 0.5) is 0 Å². The van der Waals surface area contributed by atoms with Crippen LogP contribution in [0.2, 0.25) is 0 Å². The Morgan fingerprint density at radius 3 is 3.11 bits per heavy atom. The number of fused-ring (bicyclic) bond motifs is 1. The Hall–Kier alpha value is -0.670. The number of benzene rings is 1. The summed E-state index contributed by atoms with van der Waals surface area (Å²) < 4.78 is 5.82. The second kappa shape index (κ2) is 7.81. The highest BCUT2D eigenvalue weighted by Crippen LogP contribution is 2.32. The van der Waals surface area contributed by atoms with Gasteiger partial charge in [0.25, 0.3) is 0 Å². The number of aryl methyl sites for hydroxylation is 1. The fraction of sp³-hybridized carbons (Fsp3) is 0.625. The molecule has 0 aliphatic heterocycles. The van der Waals surface area contributed by atoms with Crippen molar-refractivity contribution in [2.45, 2.75) is 38.6 Å². The zero-order valence-corrected chi connectivity index (χ0v) is 12.9. The Balaban J connectivity index is 2.06. The van der Waals surface area contributed by atoms with Crippen molar-refractivity contribution in [3.63, 3.8) is 0 Å². The minimum atomic E-state index is 0.521. The molecule has 1 atom stereocenters. The van der Waals surface area contributed by atoms with E-state index in [1.54, 1.807) is 0 Å². The van der Waals surface area contributed by atoms with E-state index in [9.17, 15) is 0 Å². The Labute approximate surface area is 121 Å². The Kier molecular flexibility index (Phi) is 6.05. The number of hydrogen-bond acceptors (Lipinski definition) is 3. The molecule has 0 saturated heterocycles. The smallest absolute Gasteiger partial charge is 0.119 e. The first-order chi connectivity index (χ1) is 9.35. The van der Waals surface area contributed by atoms with Gasteiger partial charge in [-0.25, -0.2) is 0 Å². The maximum atomic E-state index is 5.82. The zero-order valence-electron chi connectivity index (χ0n) is 12.1. The molecule has 1 N–H and O–H groups in total. The molecule has 1 aliphatic carbocycles. The molecule has 2 rings (SSSR count). The van der Waals surface area contributed by atoms with Crippen molar-refractivity contribution in [1.82, 2.24) is 5.32 Å². The summed E-state index contributed by atoms with van der Waals surface area (Å²) in [5, 5.41) is 3.66. The fourth-order valence-corrected chi connectivity index (χ4v) is 2.89. The molecule has 0 heterocycles. The molecule has 1 unspecified atom stereocenters. The minimum absolute atomic E-state index is 0.521. The van der Waals surface area contributed by atoms with Gasteiger partial charge in [0.2, 0.25) is 0 Å². The normalized spacial score (nSPS) is 18.1. The van der Waals surface area contributed by atoms with Crippen LogP contribution < -0.4 is 10.1 Å². The molecule has 1 aliphatic rings. The molecule has 19 heavy (non-hydrogen) atoms. The molecule has 3 heteroatoms. The highest BCUT2D eigenvalue weighted by molar-refractivity contribution is 7.98. The third kappa shape index (κ3) is 4.15. The lowest BCUT2D eigenvalue weighted by Crippen LogP contribution is -2.25. The number of rotatable bonds is 7. The third-order valence-corrected chi connectivity index (χ3v) is 4.20. The Morgan fingerprint density at radius 1 is 1.42 bits per heavy atom. The monoisotopic (exact) mass is 279 g/mol. The summed E-state index contributed by atoms with van der Waals surface area (Å²) >= 11 is 1.82. The Bertz CT molecular complexity index is 394. The van der Waals surface area contributed by atoms with Crippen LogP contribution in [0.15, 0.2) is 18.2 Å². The predicted octanol–water partition coefficient (Wildman–Crippen LogP) is 3.81. The lowest BCUT2D eigenvalue weighted by Gasteiger charge is -2.27. The van der Waals surface area contributed by atoms with Crippen LogP contribution in [-0.4, -0.2) is 25.2 Å². The zero-order chi connectivity index (χ0) is 13.5. The maximum Gasteiger partial charge on any atom is 0.119 e. The summed E-state index contributed by atoms with van der Waals surface area (Å²) in [7, 11) is 0. The van der Waals surface area contributed by atoms with Crippen LogP contribution in [-0.2, 0) is 6.42 Å². The van der Waals surface area contributed by atoms with E-state index in [2.05, 4.69) is 36.7 Å². The maximum absolute atomic E-state index is 5.82. The lowest BCUT2D eigenvalue weighted by atomic mass is 9.87.